The third kappa shape index (κ3) is 4.05. The number of rotatable bonds is 5. The van der Waals surface area contributed by atoms with Crippen LogP contribution < -0.4 is 10.6 Å². The van der Waals surface area contributed by atoms with Crippen LogP contribution in [0.15, 0.2) is 34.8 Å². The summed E-state index contributed by atoms with van der Waals surface area (Å²) < 4.78 is 0.744. The van der Waals surface area contributed by atoms with Gasteiger partial charge in [0.25, 0.3) is 5.69 Å². The predicted molar refractivity (Wildman–Crippen MR) is 87.5 cm³/mol. The van der Waals surface area contributed by atoms with Gasteiger partial charge in [-0.05, 0) is 41.1 Å². The fraction of sp³-hybridized carbons (Fsp3) is 0.154. The van der Waals surface area contributed by atoms with Crippen molar-refractivity contribution in [1.82, 2.24) is 4.98 Å². The highest BCUT2D eigenvalue weighted by molar-refractivity contribution is 9.10. The monoisotopic (exact) mass is 370 g/mol. The third-order valence-corrected chi connectivity index (χ3v) is 3.46. The van der Waals surface area contributed by atoms with Gasteiger partial charge in [0.15, 0.2) is 0 Å². The van der Waals surface area contributed by atoms with Crippen molar-refractivity contribution >= 4 is 50.5 Å². The topological polar surface area (TPSA) is 80.1 Å². The highest BCUT2D eigenvalue weighted by Crippen LogP contribution is 2.30. The molecule has 0 saturated carbocycles. The summed E-state index contributed by atoms with van der Waals surface area (Å²) in [7, 11) is 0. The van der Waals surface area contributed by atoms with Crippen LogP contribution >= 0.6 is 27.5 Å². The molecule has 1 heterocycles. The van der Waals surface area contributed by atoms with E-state index in [0.717, 1.165) is 10.2 Å². The van der Waals surface area contributed by atoms with Crippen molar-refractivity contribution < 1.29 is 4.92 Å². The molecule has 0 radical (unpaired) electrons. The van der Waals surface area contributed by atoms with Gasteiger partial charge in [-0.2, -0.15) is 0 Å². The zero-order chi connectivity index (χ0) is 15.4. The molecule has 1 aromatic heterocycles. The van der Waals surface area contributed by atoms with E-state index in [9.17, 15) is 10.1 Å². The Balaban J connectivity index is 2.36. The van der Waals surface area contributed by atoms with Gasteiger partial charge in [-0.25, -0.2) is 4.98 Å². The van der Waals surface area contributed by atoms with E-state index in [-0.39, 0.29) is 5.69 Å². The Morgan fingerprint density at radius 1 is 1.33 bits per heavy atom. The van der Waals surface area contributed by atoms with Crippen molar-refractivity contribution in [3.05, 3.63) is 49.9 Å². The smallest absolute Gasteiger partial charge is 0.276 e. The highest BCUT2D eigenvalue weighted by Gasteiger charge is 2.12. The summed E-state index contributed by atoms with van der Waals surface area (Å²) in [6.45, 7) is 2.52. The summed E-state index contributed by atoms with van der Waals surface area (Å²) in [5.74, 6) is 0.822. The molecule has 0 aliphatic carbocycles. The number of pyridine rings is 1. The molecule has 1 aromatic carbocycles. The Kier molecular flexibility index (Phi) is 4.98. The zero-order valence-corrected chi connectivity index (χ0v) is 13.4. The second kappa shape index (κ2) is 6.73. The zero-order valence-electron chi connectivity index (χ0n) is 11.1. The van der Waals surface area contributed by atoms with Gasteiger partial charge >= 0.3 is 0 Å². The molecule has 0 saturated heterocycles. The highest BCUT2D eigenvalue weighted by atomic mass is 79.9. The van der Waals surface area contributed by atoms with Crippen molar-refractivity contribution in [3.63, 3.8) is 0 Å². The Morgan fingerprint density at radius 3 is 2.67 bits per heavy atom. The van der Waals surface area contributed by atoms with Crippen LogP contribution in [0.4, 0.5) is 23.0 Å². The average molecular weight is 372 g/mol. The summed E-state index contributed by atoms with van der Waals surface area (Å²) in [5, 5.41) is 17.6. The molecular formula is C13H12BrClN4O2. The molecule has 110 valence electrons. The molecule has 0 spiro atoms. The number of hydrogen-bond acceptors (Lipinski definition) is 5. The molecule has 0 bridgehead atoms. The van der Waals surface area contributed by atoms with Crippen molar-refractivity contribution in [2.75, 3.05) is 17.2 Å². The molecule has 0 aliphatic heterocycles. The van der Waals surface area contributed by atoms with Gasteiger partial charge in [-0.1, -0.05) is 11.6 Å². The first-order valence-electron chi connectivity index (χ1n) is 6.12. The summed E-state index contributed by atoms with van der Waals surface area (Å²) in [5.41, 5.74) is 0.684. The van der Waals surface area contributed by atoms with Crippen molar-refractivity contribution in [1.29, 1.82) is 0 Å². The Bertz CT molecular complexity index is 681. The largest absolute Gasteiger partial charge is 0.370 e. The minimum Gasteiger partial charge on any atom is -0.370 e. The minimum atomic E-state index is -0.454. The predicted octanol–water partition coefficient (Wildman–Crippen LogP) is 4.58. The van der Waals surface area contributed by atoms with Gasteiger partial charge < -0.3 is 10.6 Å². The van der Waals surface area contributed by atoms with E-state index < -0.39 is 4.92 Å². The minimum absolute atomic E-state index is 0.0338. The first kappa shape index (κ1) is 15.5. The lowest BCUT2D eigenvalue weighted by Crippen LogP contribution is -2.03. The van der Waals surface area contributed by atoms with Crippen LogP contribution in [0.2, 0.25) is 5.02 Å². The number of halogens is 2. The molecule has 0 amide bonds. The molecule has 0 aliphatic rings. The van der Waals surface area contributed by atoms with E-state index in [4.69, 9.17) is 11.6 Å². The molecular weight excluding hydrogens is 360 g/mol. The SMILES string of the molecule is CCNc1cc([N+](=O)[O-])cc(Nc2ccc(Cl)cc2Br)n1. The van der Waals surface area contributed by atoms with E-state index in [1.165, 1.54) is 12.1 Å². The lowest BCUT2D eigenvalue weighted by atomic mass is 10.3. The molecule has 6 nitrogen and oxygen atoms in total. The first-order chi connectivity index (χ1) is 9.99. The van der Waals surface area contributed by atoms with Gasteiger partial charge in [0.05, 0.1) is 22.7 Å². The summed E-state index contributed by atoms with van der Waals surface area (Å²) >= 11 is 9.26. The lowest BCUT2D eigenvalue weighted by Gasteiger charge is -2.10. The van der Waals surface area contributed by atoms with Crippen LogP contribution in [-0.4, -0.2) is 16.5 Å². The molecule has 2 N–H and O–H groups in total. The van der Waals surface area contributed by atoms with E-state index in [1.54, 1.807) is 18.2 Å². The maximum absolute atomic E-state index is 11.0. The van der Waals surface area contributed by atoms with Gasteiger partial charge in [-0.3, -0.25) is 10.1 Å². The van der Waals surface area contributed by atoms with Crippen LogP contribution in [0.1, 0.15) is 6.92 Å². The standard InChI is InChI=1S/C13H12BrClN4O2/c1-2-16-12-6-9(19(20)21)7-13(18-12)17-11-4-3-8(15)5-10(11)14/h3-7H,2H2,1H3,(H2,16,17,18). The quantitative estimate of drug-likeness (QED) is 0.594. The second-order valence-electron chi connectivity index (χ2n) is 4.13. The first-order valence-corrected chi connectivity index (χ1v) is 7.29. The number of nitro groups is 1. The maximum Gasteiger partial charge on any atom is 0.276 e. The number of aromatic nitrogens is 1. The number of benzene rings is 1. The van der Waals surface area contributed by atoms with Gasteiger partial charge in [-0.15, -0.1) is 0 Å². The van der Waals surface area contributed by atoms with Crippen molar-refractivity contribution in [3.8, 4) is 0 Å². The fourth-order valence-electron chi connectivity index (χ4n) is 1.69. The molecule has 21 heavy (non-hydrogen) atoms. The number of anilines is 3. The number of nitrogens with one attached hydrogen (secondary N) is 2. The summed E-state index contributed by atoms with van der Waals surface area (Å²) in [4.78, 5) is 14.8. The molecule has 8 heteroatoms. The Labute approximate surface area is 134 Å². The summed E-state index contributed by atoms with van der Waals surface area (Å²) in [6, 6.07) is 7.98. The van der Waals surface area contributed by atoms with E-state index in [0.29, 0.717) is 23.2 Å². The van der Waals surface area contributed by atoms with Gasteiger partial charge in [0, 0.05) is 16.0 Å². The molecule has 2 rings (SSSR count). The normalized spacial score (nSPS) is 10.2. The van der Waals surface area contributed by atoms with Crippen LogP contribution in [0.3, 0.4) is 0 Å². The lowest BCUT2D eigenvalue weighted by molar-refractivity contribution is -0.384. The molecule has 0 fully saturated rings. The Hall–Kier alpha value is -1.86. The average Bonchev–Trinajstić information content (AvgIpc) is 2.42. The van der Waals surface area contributed by atoms with Crippen molar-refractivity contribution in [2.45, 2.75) is 6.92 Å². The van der Waals surface area contributed by atoms with E-state index >= 15 is 0 Å². The third-order valence-electron chi connectivity index (χ3n) is 2.57. The molecule has 0 atom stereocenters. The molecule has 0 unspecified atom stereocenters. The van der Waals surface area contributed by atoms with Crippen molar-refractivity contribution in [2.24, 2.45) is 0 Å². The molecule has 2 aromatic rings. The number of nitrogens with zero attached hydrogens (tertiary/aromatic N) is 2. The summed E-state index contributed by atoms with van der Waals surface area (Å²) in [6.07, 6.45) is 0. The van der Waals surface area contributed by atoms with E-state index in [2.05, 4.69) is 31.5 Å². The van der Waals surface area contributed by atoms with Crippen LogP contribution in [0.5, 0.6) is 0 Å². The Morgan fingerprint density at radius 2 is 2.05 bits per heavy atom. The van der Waals surface area contributed by atoms with E-state index in [1.807, 2.05) is 6.92 Å². The number of hydrogen-bond donors (Lipinski definition) is 2. The van der Waals surface area contributed by atoms with Gasteiger partial charge in [0.1, 0.15) is 11.6 Å². The van der Waals surface area contributed by atoms with Crippen LogP contribution in [-0.2, 0) is 0 Å². The van der Waals surface area contributed by atoms with Gasteiger partial charge in [0.2, 0.25) is 0 Å². The fourth-order valence-corrected chi connectivity index (χ4v) is 2.47. The maximum atomic E-state index is 11.0. The van der Waals surface area contributed by atoms with Crippen LogP contribution in [0.25, 0.3) is 0 Å². The second-order valence-corrected chi connectivity index (χ2v) is 5.42. The van der Waals surface area contributed by atoms with Crippen LogP contribution in [0, 0.1) is 10.1 Å².